The third kappa shape index (κ3) is 4.25. The number of nitrogens with two attached hydrogens (primary N) is 1. The summed E-state index contributed by atoms with van der Waals surface area (Å²) in [5.74, 6) is -1.19. The fourth-order valence-electron chi connectivity index (χ4n) is 3.81. The topological polar surface area (TPSA) is 165 Å². The normalized spacial score (nSPS) is 13.7. The molecular weight excluding hydrogens is 440 g/mol. The Hall–Kier alpha value is -4.48. The highest BCUT2D eigenvalue weighted by Crippen LogP contribution is 2.33. The number of hydrogen-bond donors (Lipinski definition) is 3. The Morgan fingerprint density at radius 1 is 1.26 bits per heavy atom. The van der Waals surface area contributed by atoms with Gasteiger partial charge in [-0.05, 0) is 24.1 Å². The molecule has 4 N–H and O–H groups in total. The predicted octanol–water partition coefficient (Wildman–Crippen LogP) is 1.81. The van der Waals surface area contributed by atoms with Crippen molar-refractivity contribution in [3.05, 3.63) is 53.7 Å². The van der Waals surface area contributed by atoms with Crippen molar-refractivity contribution < 1.29 is 19.1 Å². The first-order valence-electron chi connectivity index (χ1n) is 10.6. The zero-order valence-electron chi connectivity index (χ0n) is 18.3. The van der Waals surface area contributed by atoms with E-state index in [0.29, 0.717) is 48.0 Å². The summed E-state index contributed by atoms with van der Waals surface area (Å²) >= 11 is 0. The maximum Gasteiger partial charge on any atom is 0.303 e. The summed E-state index contributed by atoms with van der Waals surface area (Å²) in [5.41, 5.74) is 9.14. The molecule has 0 bridgehead atoms. The van der Waals surface area contributed by atoms with Gasteiger partial charge in [0.05, 0.1) is 23.8 Å². The van der Waals surface area contributed by atoms with E-state index in [2.05, 4.69) is 25.4 Å². The van der Waals surface area contributed by atoms with Gasteiger partial charge in [0.1, 0.15) is 5.52 Å². The van der Waals surface area contributed by atoms with Crippen LogP contribution in [-0.2, 0) is 18.3 Å². The molecule has 12 heteroatoms. The molecule has 1 amide bonds. The highest BCUT2D eigenvalue weighted by molar-refractivity contribution is 5.96. The molecule has 0 atom stereocenters. The molecule has 1 saturated heterocycles. The molecule has 1 fully saturated rings. The van der Waals surface area contributed by atoms with E-state index >= 15 is 0 Å². The summed E-state index contributed by atoms with van der Waals surface area (Å²) < 4.78 is 7.52. The van der Waals surface area contributed by atoms with E-state index in [4.69, 9.17) is 15.3 Å². The number of carbonyl (C=O) groups excluding carboxylic acids is 1. The van der Waals surface area contributed by atoms with E-state index in [1.165, 1.54) is 0 Å². The zero-order valence-corrected chi connectivity index (χ0v) is 18.3. The molecule has 5 rings (SSSR count). The number of carboxylic acid groups (broad SMARTS) is 1. The molecule has 1 aromatic carbocycles. The Bertz CT molecular complexity index is 1390. The van der Waals surface area contributed by atoms with Gasteiger partial charge in [-0.3, -0.25) is 14.3 Å². The van der Waals surface area contributed by atoms with Gasteiger partial charge in [0.25, 0.3) is 11.9 Å². The van der Waals surface area contributed by atoms with Crippen molar-refractivity contribution in [3.63, 3.8) is 0 Å². The Kier molecular flexibility index (Phi) is 5.32. The minimum atomic E-state index is -0.839. The van der Waals surface area contributed by atoms with Crippen molar-refractivity contribution in [2.24, 2.45) is 12.8 Å². The lowest BCUT2D eigenvalue weighted by Gasteiger charge is -2.37. The second-order valence-electron chi connectivity index (χ2n) is 8.18. The number of carboxylic acids is 1. The van der Waals surface area contributed by atoms with Crippen LogP contribution < -0.4 is 16.0 Å². The Morgan fingerprint density at radius 2 is 2.09 bits per heavy atom. The first kappa shape index (κ1) is 21.4. The number of amides is 1. The number of aromatic nitrogens is 5. The van der Waals surface area contributed by atoms with Gasteiger partial charge in [0.15, 0.2) is 17.1 Å². The lowest BCUT2D eigenvalue weighted by atomic mass is 9.97. The number of carbonyl (C=O) groups is 2. The Labute approximate surface area is 193 Å². The third-order valence-corrected chi connectivity index (χ3v) is 5.63. The SMILES string of the molecule is Cn1cc(Nc2ncc(C3CN(c4nc5ccc(CCC(=O)O)cc5o4)C3)nc2C(N)=O)cn1. The number of aliphatic carboxylic acids is 1. The molecule has 174 valence electrons. The monoisotopic (exact) mass is 462 g/mol. The molecule has 0 unspecified atom stereocenters. The maximum atomic E-state index is 12.0. The van der Waals surface area contributed by atoms with E-state index in [-0.39, 0.29) is 23.9 Å². The molecule has 34 heavy (non-hydrogen) atoms. The van der Waals surface area contributed by atoms with Gasteiger partial charge in [-0.25, -0.2) is 9.97 Å². The number of rotatable bonds is 8. The van der Waals surface area contributed by atoms with E-state index in [0.717, 1.165) is 5.56 Å². The standard InChI is InChI=1S/C22H22N8O4/c1-29-11-14(7-25-29)26-21-19(20(23)33)27-16(8-24-21)13-9-30(10-13)22-28-15-4-2-12(3-5-18(31)32)6-17(15)34-22/h2,4,6-8,11,13H,3,5,9-10H2,1H3,(H2,23,33)(H,24,26)(H,31,32). The van der Waals surface area contributed by atoms with E-state index in [1.807, 2.05) is 23.1 Å². The van der Waals surface area contributed by atoms with E-state index < -0.39 is 11.9 Å². The highest BCUT2D eigenvalue weighted by Gasteiger charge is 2.33. The summed E-state index contributed by atoms with van der Waals surface area (Å²) in [5, 5.41) is 16.0. The number of primary amides is 1. The quantitative estimate of drug-likeness (QED) is 0.351. The van der Waals surface area contributed by atoms with Crippen molar-refractivity contribution in [1.82, 2.24) is 24.7 Å². The minimum absolute atomic E-state index is 0.0409. The smallest absolute Gasteiger partial charge is 0.303 e. The predicted molar refractivity (Wildman–Crippen MR) is 122 cm³/mol. The van der Waals surface area contributed by atoms with Gasteiger partial charge in [-0.15, -0.1) is 0 Å². The first-order chi connectivity index (χ1) is 16.4. The molecule has 0 aliphatic carbocycles. The average Bonchev–Trinajstić information content (AvgIpc) is 3.37. The maximum absolute atomic E-state index is 12.0. The number of nitrogens with zero attached hydrogens (tertiary/aromatic N) is 6. The fourth-order valence-corrected chi connectivity index (χ4v) is 3.81. The van der Waals surface area contributed by atoms with Crippen molar-refractivity contribution >= 4 is 40.5 Å². The molecule has 0 saturated carbocycles. The van der Waals surface area contributed by atoms with Crippen LogP contribution in [0, 0.1) is 0 Å². The molecule has 1 aliphatic rings. The van der Waals surface area contributed by atoms with Gasteiger partial charge in [-0.1, -0.05) is 6.07 Å². The Morgan fingerprint density at radius 3 is 2.79 bits per heavy atom. The van der Waals surface area contributed by atoms with E-state index in [9.17, 15) is 9.59 Å². The summed E-state index contributed by atoms with van der Waals surface area (Å²) in [6, 6.07) is 6.00. The average molecular weight is 462 g/mol. The number of aryl methyl sites for hydroxylation is 2. The number of hydrogen-bond acceptors (Lipinski definition) is 9. The van der Waals surface area contributed by atoms with Crippen LogP contribution in [0.4, 0.5) is 17.5 Å². The number of nitrogens with one attached hydrogen (secondary N) is 1. The molecule has 3 aromatic heterocycles. The van der Waals surface area contributed by atoms with Gasteiger partial charge < -0.3 is 25.5 Å². The third-order valence-electron chi connectivity index (χ3n) is 5.63. The molecule has 4 aromatic rings. The number of benzene rings is 1. The summed E-state index contributed by atoms with van der Waals surface area (Å²) in [7, 11) is 1.78. The van der Waals surface area contributed by atoms with Crippen LogP contribution in [0.15, 0.2) is 41.2 Å². The highest BCUT2D eigenvalue weighted by atomic mass is 16.4. The second kappa shape index (κ2) is 8.46. The van der Waals surface area contributed by atoms with Crippen LogP contribution in [0.5, 0.6) is 0 Å². The Balaban J connectivity index is 1.28. The molecule has 1 aliphatic heterocycles. The van der Waals surface area contributed by atoms with Crippen LogP contribution in [0.2, 0.25) is 0 Å². The molecular formula is C22H22N8O4. The lowest BCUT2D eigenvalue weighted by Crippen LogP contribution is -2.45. The van der Waals surface area contributed by atoms with Crippen molar-refractivity contribution in [2.75, 3.05) is 23.3 Å². The minimum Gasteiger partial charge on any atom is -0.481 e. The van der Waals surface area contributed by atoms with Crippen LogP contribution in [0.3, 0.4) is 0 Å². The van der Waals surface area contributed by atoms with Gasteiger partial charge in [-0.2, -0.15) is 10.1 Å². The van der Waals surface area contributed by atoms with Crippen molar-refractivity contribution in [2.45, 2.75) is 18.8 Å². The number of oxazole rings is 1. The van der Waals surface area contributed by atoms with Crippen LogP contribution in [0.25, 0.3) is 11.1 Å². The molecule has 0 spiro atoms. The zero-order chi connectivity index (χ0) is 23.8. The van der Waals surface area contributed by atoms with Gasteiger partial charge >= 0.3 is 5.97 Å². The van der Waals surface area contributed by atoms with Crippen LogP contribution >= 0.6 is 0 Å². The second-order valence-corrected chi connectivity index (χ2v) is 8.18. The number of fused-ring (bicyclic) bond motifs is 1. The summed E-state index contributed by atoms with van der Waals surface area (Å²) in [6.07, 6.45) is 5.48. The van der Waals surface area contributed by atoms with Gasteiger partial charge in [0.2, 0.25) is 0 Å². The first-order valence-corrected chi connectivity index (χ1v) is 10.6. The van der Waals surface area contributed by atoms with Crippen molar-refractivity contribution in [3.8, 4) is 0 Å². The van der Waals surface area contributed by atoms with Gasteiger partial charge in [0, 0.05) is 38.7 Å². The summed E-state index contributed by atoms with van der Waals surface area (Å²) in [6.45, 7) is 1.20. The molecule has 12 nitrogen and oxygen atoms in total. The van der Waals surface area contributed by atoms with Crippen molar-refractivity contribution in [1.29, 1.82) is 0 Å². The summed E-state index contributed by atoms with van der Waals surface area (Å²) in [4.78, 5) is 38.1. The molecule has 0 radical (unpaired) electrons. The number of anilines is 3. The molecule has 4 heterocycles. The fraction of sp³-hybridized carbons (Fsp3) is 0.273. The largest absolute Gasteiger partial charge is 0.481 e. The van der Waals surface area contributed by atoms with E-state index in [1.54, 1.807) is 30.3 Å². The lowest BCUT2D eigenvalue weighted by molar-refractivity contribution is -0.136. The van der Waals surface area contributed by atoms with Crippen LogP contribution in [-0.4, -0.2) is 54.8 Å². The van der Waals surface area contributed by atoms with Crippen LogP contribution in [0.1, 0.15) is 34.1 Å².